The summed E-state index contributed by atoms with van der Waals surface area (Å²) >= 11 is 0. The molecule has 1 unspecified atom stereocenters. The Labute approximate surface area is 149 Å². The summed E-state index contributed by atoms with van der Waals surface area (Å²) in [6, 6.07) is -0.600. The second kappa shape index (κ2) is 22.2. The number of carbonyl (C=O) groups is 2. The Morgan fingerprint density at radius 3 is 2.08 bits per heavy atom. The van der Waals surface area contributed by atoms with Gasteiger partial charge in [-0.25, -0.2) is 0 Å². The van der Waals surface area contributed by atoms with Crippen LogP contribution in [0, 0.1) is 5.92 Å². The van der Waals surface area contributed by atoms with Gasteiger partial charge in [-0.15, -0.1) is 0 Å². The summed E-state index contributed by atoms with van der Waals surface area (Å²) in [4.78, 5) is 23.2. The van der Waals surface area contributed by atoms with Crippen LogP contribution in [0.5, 0.6) is 0 Å². The lowest BCUT2D eigenvalue weighted by molar-refractivity contribution is -0.124. The predicted octanol–water partition coefficient (Wildman–Crippen LogP) is 1.42. The summed E-state index contributed by atoms with van der Waals surface area (Å²) in [7, 11) is 4.13. The SMILES string of the molecule is CC(C)C(=O)C(N)CC=O.CCC.CNCCCN(C)CCCN. The highest BCUT2D eigenvalue weighted by molar-refractivity contribution is 5.87. The first-order valence-corrected chi connectivity index (χ1v) is 9.08. The molecule has 0 aromatic carbocycles. The van der Waals surface area contributed by atoms with E-state index in [9.17, 15) is 9.59 Å². The highest BCUT2D eigenvalue weighted by atomic mass is 16.1. The van der Waals surface area contributed by atoms with Gasteiger partial charge in [0.25, 0.3) is 0 Å². The Morgan fingerprint density at radius 2 is 1.71 bits per heavy atom. The monoisotopic (exact) mass is 346 g/mol. The number of nitrogens with two attached hydrogens (primary N) is 2. The number of nitrogens with zero attached hydrogens (tertiary/aromatic N) is 1. The van der Waals surface area contributed by atoms with E-state index in [1.807, 2.05) is 7.05 Å². The molecule has 0 aromatic heterocycles. The summed E-state index contributed by atoms with van der Waals surface area (Å²) in [6.07, 6.45) is 4.38. The van der Waals surface area contributed by atoms with E-state index in [0.29, 0.717) is 6.29 Å². The van der Waals surface area contributed by atoms with Crippen LogP contribution in [0.4, 0.5) is 0 Å². The minimum absolute atomic E-state index is 0.0490. The fourth-order valence-corrected chi connectivity index (χ4v) is 1.65. The topological polar surface area (TPSA) is 101 Å². The number of nitrogens with one attached hydrogen (secondary N) is 1. The van der Waals surface area contributed by atoms with E-state index < -0.39 is 6.04 Å². The maximum Gasteiger partial charge on any atom is 0.152 e. The highest BCUT2D eigenvalue weighted by Crippen LogP contribution is 1.99. The molecule has 0 aromatic rings. The molecule has 0 fully saturated rings. The Morgan fingerprint density at radius 1 is 1.21 bits per heavy atom. The van der Waals surface area contributed by atoms with E-state index in [1.54, 1.807) is 13.8 Å². The molecular formula is C18H42N4O2. The first-order valence-electron chi connectivity index (χ1n) is 9.08. The molecule has 0 spiro atoms. The summed E-state index contributed by atoms with van der Waals surface area (Å²) in [5.74, 6) is -0.123. The smallest absolute Gasteiger partial charge is 0.152 e. The largest absolute Gasteiger partial charge is 0.330 e. The third-order valence-corrected chi connectivity index (χ3v) is 3.00. The quantitative estimate of drug-likeness (QED) is 0.386. The van der Waals surface area contributed by atoms with Gasteiger partial charge in [0, 0.05) is 12.3 Å². The number of carbonyl (C=O) groups excluding carboxylic acids is 2. The molecule has 0 heterocycles. The normalized spacial score (nSPS) is 11.2. The second-order valence-corrected chi connectivity index (χ2v) is 6.18. The van der Waals surface area contributed by atoms with Crippen molar-refractivity contribution in [3.8, 4) is 0 Å². The molecule has 0 saturated heterocycles. The molecule has 0 amide bonds. The molecule has 0 aliphatic rings. The van der Waals surface area contributed by atoms with Crippen LogP contribution in [0.3, 0.4) is 0 Å². The molecule has 0 aliphatic carbocycles. The minimum Gasteiger partial charge on any atom is -0.330 e. The van der Waals surface area contributed by atoms with Crippen LogP contribution in [0.2, 0.25) is 0 Å². The fraction of sp³-hybridized carbons (Fsp3) is 0.889. The van der Waals surface area contributed by atoms with Crippen molar-refractivity contribution in [2.45, 2.75) is 59.4 Å². The van der Waals surface area contributed by atoms with Crippen molar-refractivity contribution in [3.63, 3.8) is 0 Å². The van der Waals surface area contributed by atoms with E-state index in [2.05, 4.69) is 31.1 Å². The van der Waals surface area contributed by atoms with Gasteiger partial charge in [0.15, 0.2) is 5.78 Å². The molecule has 0 bridgehead atoms. The van der Waals surface area contributed by atoms with E-state index >= 15 is 0 Å². The Bertz CT molecular complexity index is 274. The zero-order chi connectivity index (χ0) is 19.4. The first-order chi connectivity index (χ1) is 11.3. The molecule has 6 nitrogen and oxygen atoms in total. The van der Waals surface area contributed by atoms with Crippen molar-refractivity contribution in [2.75, 3.05) is 40.3 Å². The summed E-state index contributed by atoms with van der Waals surface area (Å²) in [5, 5.41) is 3.13. The minimum atomic E-state index is -0.600. The number of rotatable bonds is 11. The lowest BCUT2D eigenvalue weighted by Gasteiger charge is -2.15. The standard InChI is InChI=1S/C8H21N3.C7H13NO2.C3H8/c1-10-6-4-8-11(2)7-3-5-9;1-5(2)7(10)6(8)3-4-9;1-3-2/h10H,3-9H2,1-2H3;4-6H,3,8H2,1-2H3;3H2,1-2H3. The number of hydrogen-bond donors (Lipinski definition) is 3. The van der Waals surface area contributed by atoms with Crippen molar-refractivity contribution in [3.05, 3.63) is 0 Å². The maximum atomic E-state index is 10.9. The van der Waals surface area contributed by atoms with Crippen molar-refractivity contribution in [2.24, 2.45) is 17.4 Å². The van der Waals surface area contributed by atoms with Crippen LogP contribution in [-0.2, 0) is 9.59 Å². The van der Waals surface area contributed by atoms with E-state index in [-0.39, 0.29) is 18.1 Å². The molecule has 0 radical (unpaired) electrons. The lowest BCUT2D eigenvalue weighted by atomic mass is 10.0. The van der Waals surface area contributed by atoms with Crippen molar-refractivity contribution in [1.29, 1.82) is 0 Å². The van der Waals surface area contributed by atoms with Gasteiger partial charge < -0.3 is 26.5 Å². The lowest BCUT2D eigenvalue weighted by Crippen LogP contribution is -2.33. The maximum absolute atomic E-state index is 10.9. The van der Waals surface area contributed by atoms with Gasteiger partial charge in [-0.2, -0.15) is 0 Å². The summed E-state index contributed by atoms with van der Waals surface area (Å²) in [5.41, 5.74) is 10.7. The summed E-state index contributed by atoms with van der Waals surface area (Å²) < 4.78 is 0. The highest BCUT2D eigenvalue weighted by Gasteiger charge is 2.15. The van der Waals surface area contributed by atoms with Crippen LogP contribution in [0.25, 0.3) is 0 Å². The van der Waals surface area contributed by atoms with Gasteiger partial charge >= 0.3 is 0 Å². The van der Waals surface area contributed by atoms with Gasteiger partial charge in [-0.3, -0.25) is 4.79 Å². The first kappa shape index (κ1) is 28.0. The van der Waals surface area contributed by atoms with E-state index in [1.165, 1.54) is 19.4 Å². The van der Waals surface area contributed by atoms with Crippen LogP contribution >= 0.6 is 0 Å². The number of Topliss-reactive ketones (excluding diaryl/α,β-unsaturated/α-hetero) is 1. The predicted molar refractivity (Wildman–Crippen MR) is 104 cm³/mol. The molecule has 6 heteroatoms. The molecule has 5 N–H and O–H groups in total. The summed E-state index contributed by atoms with van der Waals surface area (Å²) in [6.45, 7) is 12.0. The number of ketones is 1. The third-order valence-electron chi connectivity index (χ3n) is 3.00. The number of aldehydes is 1. The van der Waals surface area contributed by atoms with Gasteiger partial charge in [-0.05, 0) is 53.1 Å². The van der Waals surface area contributed by atoms with Gasteiger partial charge in [0.2, 0.25) is 0 Å². The average molecular weight is 347 g/mol. The van der Waals surface area contributed by atoms with Crippen molar-refractivity contribution in [1.82, 2.24) is 10.2 Å². The number of hydrogen-bond acceptors (Lipinski definition) is 6. The molecule has 0 saturated carbocycles. The zero-order valence-corrected chi connectivity index (χ0v) is 16.8. The fourth-order valence-electron chi connectivity index (χ4n) is 1.65. The molecular weight excluding hydrogens is 304 g/mol. The van der Waals surface area contributed by atoms with Crippen LogP contribution in [0.15, 0.2) is 0 Å². The second-order valence-electron chi connectivity index (χ2n) is 6.18. The molecule has 0 rings (SSSR count). The van der Waals surface area contributed by atoms with Crippen molar-refractivity contribution < 1.29 is 9.59 Å². The molecule has 0 aliphatic heterocycles. The molecule has 1 atom stereocenters. The average Bonchev–Trinajstić information content (AvgIpc) is 2.54. The Hall–Kier alpha value is -0.820. The zero-order valence-electron chi connectivity index (χ0n) is 16.8. The Balaban J connectivity index is -0.000000317. The molecule has 24 heavy (non-hydrogen) atoms. The van der Waals surface area contributed by atoms with Crippen LogP contribution < -0.4 is 16.8 Å². The third kappa shape index (κ3) is 23.4. The Kier molecular flexibility index (Phi) is 25.9. The van der Waals surface area contributed by atoms with Crippen LogP contribution in [-0.4, -0.2) is 63.3 Å². The van der Waals surface area contributed by atoms with Crippen molar-refractivity contribution >= 4 is 12.1 Å². The van der Waals surface area contributed by atoms with E-state index in [0.717, 1.165) is 26.1 Å². The van der Waals surface area contributed by atoms with E-state index in [4.69, 9.17) is 11.5 Å². The van der Waals surface area contributed by atoms with Crippen LogP contribution in [0.1, 0.15) is 53.4 Å². The van der Waals surface area contributed by atoms with Gasteiger partial charge in [0.1, 0.15) is 6.29 Å². The van der Waals surface area contributed by atoms with Gasteiger partial charge in [-0.1, -0.05) is 34.1 Å². The van der Waals surface area contributed by atoms with Gasteiger partial charge in [0.05, 0.1) is 6.04 Å². The molecule has 146 valence electrons.